The van der Waals surface area contributed by atoms with Crippen molar-refractivity contribution >= 4 is 11.8 Å². The van der Waals surface area contributed by atoms with Crippen molar-refractivity contribution in [1.29, 1.82) is 0 Å². The summed E-state index contributed by atoms with van der Waals surface area (Å²) in [6.45, 7) is 0. The largest absolute Gasteiger partial charge is 0.493 e. The van der Waals surface area contributed by atoms with Crippen molar-refractivity contribution in [3.8, 4) is 11.5 Å². The Morgan fingerprint density at radius 2 is 1.64 bits per heavy atom. The molecule has 114 valence electrons. The topological polar surface area (TPSA) is 83.1 Å². The zero-order chi connectivity index (χ0) is 15.9. The molecule has 0 spiro atoms. The summed E-state index contributed by atoms with van der Waals surface area (Å²) in [5, 5.41) is 3.64. The van der Waals surface area contributed by atoms with Gasteiger partial charge in [-0.1, -0.05) is 35.5 Å². The molecule has 0 amide bonds. The Balaban J connectivity index is 2.12. The third-order valence-corrected chi connectivity index (χ3v) is 2.92. The molecular formula is C16H16N2O4. The highest BCUT2D eigenvalue weighted by molar-refractivity contribution is 5.98. The molecule has 6 heteroatoms. The van der Waals surface area contributed by atoms with E-state index >= 15 is 0 Å². The highest BCUT2D eigenvalue weighted by atomic mass is 16.7. The van der Waals surface area contributed by atoms with Crippen LogP contribution < -0.4 is 15.2 Å². The number of carbonyl (C=O) groups excluding carboxylic acids is 1. The normalized spacial score (nSPS) is 10.9. The molecule has 0 aliphatic carbocycles. The first kappa shape index (κ1) is 15.4. The predicted octanol–water partition coefficient (Wildman–Crippen LogP) is 2.18. The van der Waals surface area contributed by atoms with E-state index in [1.165, 1.54) is 20.3 Å². The fourth-order valence-corrected chi connectivity index (χ4v) is 1.77. The number of ether oxygens (including phenoxy) is 2. The summed E-state index contributed by atoms with van der Waals surface area (Å²) in [6, 6.07) is 13.7. The van der Waals surface area contributed by atoms with Gasteiger partial charge in [-0.05, 0) is 18.2 Å². The molecule has 0 aliphatic rings. The molecule has 0 bridgehead atoms. The van der Waals surface area contributed by atoms with Crippen molar-refractivity contribution in [2.75, 3.05) is 14.2 Å². The molecule has 22 heavy (non-hydrogen) atoms. The van der Waals surface area contributed by atoms with Crippen LogP contribution in [0.3, 0.4) is 0 Å². The summed E-state index contributed by atoms with van der Waals surface area (Å²) in [5.74, 6) is 0.428. The molecule has 0 aliphatic heterocycles. The minimum absolute atomic E-state index is 0.120. The van der Waals surface area contributed by atoms with Crippen LogP contribution in [0.5, 0.6) is 11.5 Å². The van der Waals surface area contributed by atoms with E-state index in [0.29, 0.717) is 17.1 Å². The van der Waals surface area contributed by atoms with Gasteiger partial charge in [0.1, 0.15) is 0 Å². The van der Waals surface area contributed by atoms with Crippen LogP contribution in [0.25, 0.3) is 0 Å². The Kier molecular flexibility index (Phi) is 4.98. The SMILES string of the molecule is COc1ccc(C(=O)O/N=C(/N)c2ccccc2)cc1OC. The zero-order valence-corrected chi connectivity index (χ0v) is 12.3. The molecular weight excluding hydrogens is 284 g/mol. The van der Waals surface area contributed by atoms with Crippen molar-refractivity contribution in [3.05, 3.63) is 59.7 Å². The second kappa shape index (κ2) is 7.12. The summed E-state index contributed by atoms with van der Waals surface area (Å²) in [4.78, 5) is 16.8. The highest BCUT2D eigenvalue weighted by Gasteiger charge is 2.12. The molecule has 0 heterocycles. The van der Waals surface area contributed by atoms with Gasteiger partial charge in [0.15, 0.2) is 17.3 Å². The van der Waals surface area contributed by atoms with E-state index in [4.69, 9.17) is 20.0 Å². The van der Waals surface area contributed by atoms with E-state index in [-0.39, 0.29) is 11.4 Å². The number of oxime groups is 1. The van der Waals surface area contributed by atoms with Crippen LogP contribution >= 0.6 is 0 Å². The number of nitrogens with two attached hydrogens (primary N) is 1. The number of carbonyl (C=O) groups is 1. The van der Waals surface area contributed by atoms with Crippen LogP contribution in [0.2, 0.25) is 0 Å². The van der Waals surface area contributed by atoms with Gasteiger partial charge in [0.25, 0.3) is 0 Å². The third-order valence-electron chi connectivity index (χ3n) is 2.92. The lowest BCUT2D eigenvalue weighted by atomic mass is 10.2. The molecule has 0 unspecified atom stereocenters. The number of hydrogen-bond acceptors (Lipinski definition) is 5. The van der Waals surface area contributed by atoms with Crippen LogP contribution in [0.15, 0.2) is 53.7 Å². The predicted molar refractivity (Wildman–Crippen MR) is 82.1 cm³/mol. The third kappa shape index (κ3) is 3.54. The number of methoxy groups -OCH3 is 2. The molecule has 2 rings (SSSR count). The summed E-state index contributed by atoms with van der Waals surface area (Å²) >= 11 is 0. The first-order valence-corrected chi connectivity index (χ1v) is 6.48. The monoisotopic (exact) mass is 300 g/mol. The molecule has 2 aromatic carbocycles. The van der Waals surface area contributed by atoms with Crippen LogP contribution in [-0.2, 0) is 4.84 Å². The minimum Gasteiger partial charge on any atom is -0.493 e. The summed E-state index contributed by atoms with van der Waals surface area (Å²) in [6.07, 6.45) is 0. The van der Waals surface area contributed by atoms with E-state index in [0.717, 1.165) is 0 Å². The lowest BCUT2D eigenvalue weighted by Gasteiger charge is -2.08. The molecule has 6 nitrogen and oxygen atoms in total. The van der Waals surface area contributed by atoms with E-state index in [1.807, 2.05) is 18.2 Å². The molecule has 0 saturated heterocycles. The molecule has 0 fully saturated rings. The maximum Gasteiger partial charge on any atom is 0.365 e. The van der Waals surface area contributed by atoms with Crippen molar-refractivity contribution < 1.29 is 19.1 Å². The lowest BCUT2D eigenvalue weighted by Crippen LogP contribution is -2.15. The van der Waals surface area contributed by atoms with Crippen LogP contribution in [0, 0.1) is 0 Å². The molecule has 2 aromatic rings. The van der Waals surface area contributed by atoms with Gasteiger partial charge in [0, 0.05) is 5.56 Å². The number of rotatable bonds is 5. The fraction of sp³-hybridized carbons (Fsp3) is 0.125. The van der Waals surface area contributed by atoms with Gasteiger partial charge in [-0.25, -0.2) is 4.79 Å². The Morgan fingerprint density at radius 3 is 2.27 bits per heavy atom. The second-order valence-electron chi connectivity index (χ2n) is 4.29. The molecule has 2 N–H and O–H groups in total. The van der Waals surface area contributed by atoms with Crippen LogP contribution in [0.4, 0.5) is 0 Å². The Labute approximate surface area is 128 Å². The molecule has 0 radical (unpaired) electrons. The maximum absolute atomic E-state index is 12.0. The van der Waals surface area contributed by atoms with Gasteiger partial charge in [0.2, 0.25) is 0 Å². The molecule has 0 aromatic heterocycles. The van der Waals surface area contributed by atoms with Crippen molar-refractivity contribution in [3.63, 3.8) is 0 Å². The lowest BCUT2D eigenvalue weighted by molar-refractivity contribution is 0.0515. The van der Waals surface area contributed by atoms with E-state index in [1.54, 1.807) is 24.3 Å². The standard InChI is InChI=1S/C16H16N2O4/c1-20-13-9-8-12(10-14(13)21-2)16(19)22-18-15(17)11-6-4-3-5-7-11/h3-10H,1-2H3,(H2,17,18). The smallest absolute Gasteiger partial charge is 0.365 e. The Bertz CT molecular complexity index is 684. The first-order valence-electron chi connectivity index (χ1n) is 6.48. The highest BCUT2D eigenvalue weighted by Crippen LogP contribution is 2.27. The van der Waals surface area contributed by atoms with E-state index in [9.17, 15) is 4.79 Å². The van der Waals surface area contributed by atoms with Gasteiger partial charge in [0.05, 0.1) is 19.8 Å². The van der Waals surface area contributed by atoms with Crippen molar-refractivity contribution in [2.24, 2.45) is 10.9 Å². The molecule has 0 atom stereocenters. The number of nitrogens with zero attached hydrogens (tertiary/aromatic N) is 1. The molecule has 0 saturated carbocycles. The zero-order valence-electron chi connectivity index (χ0n) is 12.3. The average Bonchev–Trinajstić information content (AvgIpc) is 2.59. The summed E-state index contributed by atoms with van der Waals surface area (Å²) in [7, 11) is 3.00. The average molecular weight is 300 g/mol. The van der Waals surface area contributed by atoms with Gasteiger partial charge >= 0.3 is 5.97 Å². The van der Waals surface area contributed by atoms with Crippen LogP contribution in [0.1, 0.15) is 15.9 Å². The van der Waals surface area contributed by atoms with Gasteiger partial charge in [-0.15, -0.1) is 0 Å². The van der Waals surface area contributed by atoms with E-state index < -0.39 is 5.97 Å². The quantitative estimate of drug-likeness (QED) is 0.396. The first-order chi connectivity index (χ1) is 10.7. The van der Waals surface area contributed by atoms with Crippen molar-refractivity contribution in [2.45, 2.75) is 0 Å². The van der Waals surface area contributed by atoms with Crippen molar-refractivity contribution in [1.82, 2.24) is 0 Å². The summed E-state index contributed by atoms with van der Waals surface area (Å²) in [5.41, 5.74) is 6.70. The fourth-order valence-electron chi connectivity index (χ4n) is 1.77. The number of amidine groups is 1. The minimum atomic E-state index is -0.639. The number of hydrogen-bond donors (Lipinski definition) is 1. The second-order valence-corrected chi connectivity index (χ2v) is 4.29. The van der Waals surface area contributed by atoms with Gasteiger partial charge in [-0.2, -0.15) is 0 Å². The Morgan fingerprint density at radius 1 is 0.955 bits per heavy atom. The van der Waals surface area contributed by atoms with Gasteiger partial charge in [-0.3, -0.25) is 0 Å². The van der Waals surface area contributed by atoms with Crippen LogP contribution in [-0.4, -0.2) is 26.0 Å². The Hall–Kier alpha value is -3.02. The summed E-state index contributed by atoms with van der Waals surface area (Å²) < 4.78 is 10.2. The number of benzene rings is 2. The maximum atomic E-state index is 12.0. The van der Waals surface area contributed by atoms with E-state index in [2.05, 4.69) is 5.16 Å². The van der Waals surface area contributed by atoms with Gasteiger partial charge < -0.3 is 20.0 Å².